The van der Waals surface area contributed by atoms with Crippen LogP contribution in [0, 0.1) is 0 Å². The molecule has 0 radical (unpaired) electrons. The third-order valence-corrected chi connectivity index (χ3v) is 6.28. The van der Waals surface area contributed by atoms with E-state index in [0.717, 1.165) is 16.8 Å². The molecule has 1 fully saturated rings. The van der Waals surface area contributed by atoms with Crippen LogP contribution in [-0.4, -0.2) is 49.0 Å². The van der Waals surface area contributed by atoms with Gasteiger partial charge in [-0.1, -0.05) is 24.3 Å². The lowest BCUT2D eigenvalue weighted by molar-refractivity contribution is -0.140. The number of carbonyl (C=O) groups excluding carboxylic acids is 2. The predicted molar refractivity (Wildman–Crippen MR) is 144 cm³/mol. The summed E-state index contributed by atoms with van der Waals surface area (Å²) in [6, 6.07) is 21.1. The van der Waals surface area contributed by atoms with Crippen molar-refractivity contribution >= 4 is 23.1 Å². The van der Waals surface area contributed by atoms with E-state index in [4.69, 9.17) is 9.47 Å². The van der Waals surface area contributed by atoms with Gasteiger partial charge < -0.3 is 24.4 Å². The van der Waals surface area contributed by atoms with Gasteiger partial charge in [-0.25, -0.2) is 0 Å². The summed E-state index contributed by atoms with van der Waals surface area (Å²) in [4.78, 5) is 30.1. The van der Waals surface area contributed by atoms with Crippen molar-refractivity contribution in [3.63, 3.8) is 0 Å². The van der Waals surface area contributed by atoms with E-state index < -0.39 is 17.7 Å². The molecule has 1 atom stereocenters. The highest BCUT2D eigenvalue weighted by atomic mass is 16.5. The fourth-order valence-corrected chi connectivity index (χ4v) is 4.39. The summed E-state index contributed by atoms with van der Waals surface area (Å²) in [5, 5.41) is 11.3. The summed E-state index contributed by atoms with van der Waals surface area (Å²) in [6.07, 6.45) is 0.00728. The molecule has 0 saturated carbocycles. The summed E-state index contributed by atoms with van der Waals surface area (Å²) < 4.78 is 10.9. The van der Waals surface area contributed by atoms with Crippen molar-refractivity contribution in [3.8, 4) is 11.5 Å². The molecule has 0 spiro atoms. The lowest BCUT2D eigenvalue weighted by Gasteiger charge is -2.26. The molecule has 3 aromatic carbocycles. The second kappa shape index (κ2) is 10.8. The first-order valence-electron chi connectivity index (χ1n) is 12.1. The number of anilines is 1. The average molecular weight is 501 g/mol. The maximum absolute atomic E-state index is 13.3. The SMILES string of the molecule is COc1ccc(CN2C(=O)C(=O)/C(=C(\O)c3ccc(OC(C)C)cc3)C2c2ccc(N(C)C)cc2)cc1. The summed E-state index contributed by atoms with van der Waals surface area (Å²) in [7, 11) is 5.47. The molecule has 192 valence electrons. The Morgan fingerprint density at radius 3 is 2.05 bits per heavy atom. The number of aliphatic hydroxyl groups excluding tert-OH is 1. The van der Waals surface area contributed by atoms with Gasteiger partial charge in [-0.15, -0.1) is 0 Å². The molecule has 3 aromatic rings. The Bertz CT molecular complexity index is 1290. The van der Waals surface area contributed by atoms with Crippen LogP contribution in [-0.2, 0) is 16.1 Å². The van der Waals surface area contributed by atoms with E-state index in [-0.39, 0.29) is 24.0 Å². The second-order valence-corrected chi connectivity index (χ2v) is 9.45. The first-order valence-corrected chi connectivity index (χ1v) is 12.1. The van der Waals surface area contributed by atoms with Gasteiger partial charge >= 0.3 is 0 Å². The number of methoxy groups -OCH3 is 1. The second-order valence-electron chi connectivity index (χ2n) is 9.45. The summed E-state index contributed by atoms with van der Waals surface area (Å²) in [5.74, 6) is -0.226. The highest BCUT2D eigenvalue weighted by Crippen LogP contribution is 2.41. The van der Waals surface area contributed by atoms with Crippen molar-refractivity contribution in [1.29, 1.82) is 0 Å². The van der Waals surface area contributed by atoms with Gasteiger partial charge in [0.15, 0.2) is 0 Å². The molecular weight excluding hydrogens is 468 g/mol. The van der Waals surface area contributed by atoms with Crippen molar-refractivity contribution < 1.29 is 24.2 Å². The van der Waals surface area contributed by atoms with Gasteiger partial charge in [0.1, 0.15) is 17.3 Å². The number of ether oxygens (including phenoxy) is 2. The summed E-state index contributed by atoms with van der Waals surface area (Å²) >= 11 is 0. The molecule has 1 unspecified atom stereocenters. The van der Waals surface area contributed by atoms with Gasteiger partial charge in [0, 0.05) is 31.9 Å². The molecule has 1 aliphatic heterocycles. The number of aliphatic hydroxyl groups is 1. The number of benzene rings is 3. The lowest BCUT2D eigenvalue weighted by atomic mass is 9.95. The molecule has 37 heavy (non-hydrogen) atoms. The van der Waals surface area contributed by atoms with E-state index in [1.54, 1.807) is 31.4 Å². The number of Topliss-reactive ketones (excluding diaryl/α,β-unsaturated/α-hetero) is 1. The van der Waals surface area contributed by atoms with Crippen LogP contribution in [0.3, 0.4) is 0 Å². The largest absolute Gasteiger partial charge is 0.507 e. The normalized spacial score (nSPS) is 16.8. The van der Waals surface area contributed by atoms with E-state index >= 15 is 0 Å². The minimum atomic E-state index is -0.745. The molecule has 1 amide bonds. The topological polar surface area (TPSA) is 79.3 Å². The Balaban J connectivity index is 1.78. The van der Waals surface area contributed by atoms with Crippen molar-refractivity contribution in [1.82, 2.24) is 4.90 Å². The maximum atomic E-state index is 13.3. The molecule has 1 heterocycles. The Morgan fingerprint density at radius 2 is 1.51 bits per heavy atom. The van der Waals surface area contributed by atoms with E-state index in [1.807, 2.05) is 81.4 Å². The Hall–Kier alpha value is -4.26. The van der Waals surface area contributed by atoms with Crippen LogP contribution >= 0.6 is 0 Å². The zero-order valence-electron chi connectivity index (χ0n) is 21.8. The van der Waals surface area contributed by atoms with E-state index in [0.29, 0.717) is 17.1 Å². The highest BCUT2D eigenvalue weighted by Gasteiger charge is 2.46. The number of ketones is 1. The maximum Gasteiger partial charge on any atom is 0.295 e. The number of nitrogens with zero attached hydrogens (tertiary/aromatic N) is 2. The van der Waals surface area contributed by atoms with Crippen molar-refractivity contribution in [2.45, 2.75) is 32.5 Å². The first kappa shape index (κ1) is 25.8. The smallest absolute Gasteiger partial charge is 0.295 e. The standard InChI is InChI=1S/C30H32N2O5/c1-19(2)37-25-16-10-22(11-17-25)28(33)26-27(21-8-12-23(13-9-21)31(3)4)32(30(35)29(26)34)18-20-6-14-24(36-5)15-7-20/h6-17,19,27,33H,18H2,1-5H3/b28-26-. The lowest BCUT2D eigenvalue weighted by Crippen LogP contribution is -2.29. The summed E-state index contributed by atoms with van der Waals surface area (Å²) in [5.41, 5.74) is 3.06. The average Bonchev–Trinajstić information content (AvgIpc) is 3.13. The molecule has 4 rings (SSSR count). The number of hydrogen-bond acceptors (Lipinski definition) is 6. The molecule has 0 bridgehead atoms. The molecule has 1 aliphatic rings. The van der Waals surface area contributed by atoms with Crippen LogP contribution in [0.2, 0.25) is 0 Å². The number of rotatable bonds is 8. The van der Waals surface area contributed by atoms with Gasteiger partial charge in [0.2, 0.25) is 0 Å². The highest BCUT2D eigenvalue weighted by molar-refractivity contribution is 6.46. The molecule has 7 nitrogen and oxygen atoms in total. The molecule has 0 aromatic heterocycles. The monoisotopic (exact) mass is 500 g/mol. The van der Waals surface area contributed by atoms with Crippen molar-refractivity contribution in [2.24, 2.45) is 0 Å². The van der Waals surface area contributed by atoms with Crippen molar-refractivity contribution in [2.75, 3.05) is 26.1 Å². The van der Waals surface area contributed by atoms with Gasteiger partial charge in [-0.05, 0) is 73.5 Å². The molecular formula is C30H32N2O5. The van der Waals surface area contributed by atoms with E-state index in [2.05, 4.69) is 0 Å². The fraction of sp³-hybridized carbons (Fsp3) is 0.267. The number of hydrogen-bond donors (Lipinski definition) is 1. The van der Waals surface area contributed by atoms with Gasteiger partial charge in [-0.2, -0.15) is 0 Å². The van der Waals surface area contributed by atoms with Crippen molar-refractivity contribution in [3.05, 3.63) is 95.1 Å². The number of likely N-dealkylation sites (tertiary alicyclic amines) is 1. The number of carbonyl (C=O) groups is 2. The van der Waals surface area contributed by atoms with Crippen LogP contribution in [0.5, 0.6) is 11.5 Å². The van der Waals surface area contributed by atoms with Crippen LogP contribution in [0.25, 0.3) is 5.76 Å². The van der Waals surface area contributed by atoms with Gasteiger partial charge in [-0.3, -0.25) is 9.59 Å². The Morgan fingerprint density at radius 1 is 0.919 bits per heavy atom. The molecule has 1 saturated heterocycles. The quantitative estimate of drug-likeness (QED) is 0.261. The Labute approximate surface area is 217 Å². The zero-order valence-corrected chi connectivity index (χ0v) is 21.8. The zero-order chi connectivity index (χ0) is 26.7. The molecule has 1 N–H and O–H groups in total. The van der Waals surface area contributed by atoms with Crippen LogP contribution in [0.4, 0.5) is 5.69 Å². The molecule has 0 aliphatic carbocycles. The summed E-state index contributed by atoms with van der Waals surface area (Å²) in [6.45, 7) is 4.06. The first-order chi connectivity index (χ1) is 17.7. The van der Waals surface area contributed by atoms with Crippen LogP contribution in [0.15, 0.2) is 78.4 Å². The predicted octanol–water partition coefficient (Wildman–Crippen LogP) is 5.17. The minimum Gasteiger partial charge on any atom is -0.507 e. The fourth-order valence-electron chi connectivity index (χ4n) is 4.39. The Kier molecular flexibility index (Phi) is 7.53. The van der Waals surface area contributed by atoms with E-state index in [9.17, 15) is 14.7 Å². The third kappa shape index (κ3) is 5.45. The minimum absolute atomic E-state index is 0.00728. The van der Waals surface area contributed by atoms with Crippen LogP contribution < -0.4 is 14.4 Å². The van der Waals surface area contributed by atoms with E-state index in [1.165, 1.54) is 4.90 Å². The van der Waals surface area contributed by atoms with Crippen LogP contribution in [0.1, 0.15) is 36.6 Å². The van der Waals surface area contributed by atoms with Gasteiger partial charge in [0.05, 0.1) is 24.8 Å². The third-order valence-electron chi connectivity index (χ3n) is 6.28. The number of amides is 1. The molecule has 7 heteroatoms. The van der Waals surface area contributed by atoms with Gasteiger partial charge in [0.25, 0.3) is 11.7 Å².